The van der Waals surface area contributed by atoms with Crippen LogP contribution in [0, 0.1) is 27.2 Å². The molecule has 2 aromatic rings. The summed E-state index contributed by atoms with van der Waals surface area (Å²) in [5.41, 5.74) is 5.30. The van der Waals surface area contributed by atoms with Crippen molar-refractivity contribution in [3.63, 3.8) is 0 Å². The number of hydrogen-bond donors (Lipinski definition) is 2. The number of carboxylic acid groups (broad SMARTS) is 2. The van der Waals surface area contributed by atoms with Crippen LogP contribution in [0.3, 0.4) is 0 Å². The van der Waals surface area contributed by atoms with Crippen LogP contribution >= 0.6 is 0 Å². The van der Waals surface area contributed by atoms with E-state index in [1.807, 2.05) is 36.3 Å². The van der Waals surface area contributed by atoms with Gasteiger partial charge in [0.1, 0.15) is 0 Å². The standard InChI is InChI=1S/2C12H15N2.2C2H4O2.Pd/c2*1-11-3-5-12(6-4-11)9-14-8-7-13(2)10-14;2*1-2(3)4;/h2*3-8,10H,9H2,1-2H3;2*1H3,(H,3,4);/q2*-1;;;+2. The van der Waals surface area contributed by atoms with Gasteiger partial charge in [0.15, 0.2) is 0 Å². The van der Waals surface area contributed by atoms with Crippen LogP contribution in [-0.2, 0) is 43.1 Å². The molecule has 0 aromatic heterocycles. The zero-order chi connectivity index (χ0) is 27.1. The van der Waals surface area contributed by atoms with Crippen molar-refractivity contribution in [3.05, 3.63) is 109 Å². The Labute approximate surface area is 235 Å². The Balaban J connectivity index is 0.000000535. The van der Waals surface area contributed by atoms with Crippen molar-refractivity contribution < 1.29 is 40.2 Å². The predicted molar refractivity (Wildman–Crippen MR) is 142 cm³/mol. The van der Waals surface area contributed by atoms with Crippen LogP contribution in [0.15, 0.2) is 73.3 Å². The first-order chi connectivity index (χ1) is 16.9. The number of aliphatic carboxylic acids is 2. The maximum atomic E-state index is 9.00. The number of hydrogen-bond acceptors (Lipinski definition) is 6. The molecule has 0 saturated heterocycles. The second-order valence-electron chi connectivity index (χ2n) is 8.51. The van der Waals surface area contributed by atoms with Gasteiger partial charge in [-0.05, 0) is 63.9 Å². The van der Waals surface area contributed by atoms with E-state index in [2.05, 4.69) is 97.9 Å². The SMILES string of the molecule is CC(=O)O.CC(=O)O.Cc1ccc(CN2C=CN(C)[CH-]2)cc1.Cc1ccc(CN2C=CN(C)[CH-]2)cc1.[Pd+2]. The topological polar surface area (TPSA) is 87.6 Å². The van der Waals surface area contributed by atoms with Crippen LogP contribution in [0.4, 0.5) is 0 Å². The Morgan fingerprint density at radius 3 is 1.14 bits per heavy atom. The van der Waals surface area contributed by atoms with Crippen LogP contribution < -0.4 is 0 Å². The molecule has 0 radical (unpaired) electrons. The van der Waals surface area contributed by atoms with Crippen molar-refractivity contribution >= 4 is 11.9 Å². The van der Waals surface area contributed by atoms with Gasteiger partial charge in [-0.25, -0.2) is 0 Å². The molecule has 4 rings (SSSR count). The van der Waals surface area contributed by atoms with Gasteiger partial charge in [-0.1, -0.05) is 59.7 Å². The largest absolute Gasteiger partial charge is 2.00 e. The average Bonchev–Trinajstić information content (AvgIpc) is 3.38. The van der Waals surface area contributed by atoms with Gasteiger partial charge in [-0.2, -0.15) is 13.3 Å². The number of benzene rings is 2. The zero-order valence-corrected chi connectivity index (χ0v) is 23.9. The third-order valence-corrected chi connectivity index (χ3v) is 4.62. The monoisotopic (exact) mass is 600 g/mol. The second-order valence-corrected chi connectivity index (χ2v) is 8.51. The Bertz CT molecular complexity index is 905. The summed E-state index contributed by atoms with van der Waals surface area (Å²) in [6.45, 7) is 12.4. The number of carboxylic acids is 2. The first-order valence-corrected chi connectivity index (χ1v) is 11.5. The smallest absolute Gasteiger partial charge is 0.511 e. The molecule has 0 amide bonds. The molecule has 9 heteroatoms. The Hall–Kier alpha value is -3.28. The predicted octanol–water partition coefficient (Wildman–Crippen LogP) is 4.85. The first kappa shape index (κ1) is 33.7. The number of nitrogens with zero attached hydrogens (tertiary/aromatic N) is 4. The summed E-state index contributed by atoms with van der Waals surface area (Å²) in [7, 11) is 4.07. The van der Waals surface area contributed by atoms with Gasteiger partial charge in [-0.3, -0.25) is 9.59 Å². The Kier molecular flexibility index (Phi) is 16.4. The van der Waals surface area contributed by atoms with Crippen LogP contribution in [-0.4, -0.2) is 55.8 Å². The molecule has 0 aliphatic carbocycles. The molecule has 0 unspecified atom stereocenters. The summed E-state index contributed by atoms with van der Waals surface area (Å²) in [5.74, 6) is -1.67. The molecule has 204 valence electrons. The minimum atomic E-state index is -0.833. The fourth-order valence-electron chi connectivity index (χ4n) is 3.00. The molecular weight excluding hydrogens is 563 g/mol. The van der Waals surface area contributed by atoms with Crippen molar-refractivity contribution in [2.24, 2.45) is 0 Å². The van der Waals surface area contributed by atoms with E-state index in [1.165, 1.54) is 22.3 Å². The molecule has 0 fully saturated rings. The average molecular weight is 601 g/mol. The van der Waals surface area contributed by atoms with E-state index in [1.54, 1.807) is 0 Å². The van der Waals surface area contributed by atoms with Gasteiger partial charge in [0.2, 0.25) is 0 Å². The molecule has 8 nitrogen and oxygen atoms in total. The van der Waals surface area contributed by atoms with Gasteiger partial charge < -0.3 is 29.8 Å². The fourth-order valence-corrected chi connectivity index (χ4v) is 3.00. The van der Waals surface area contributed by atoms with Crippen molar-refractivity contribution in [2.75, 3.05) is 14.1 Å². The molecule has 2 aromatic carbocycles. The molecule has 2 aliphatic rings. The van der Waals surface area contributed by atoms with E-state index in [0.29, 0.717) is 0 Å². The minimum absolute atomic E-state index is 0. The third-order valence-electron chi connectivity index (χ3n) is 4.62. The maximum absolute atomic E-state index is 9.00. The van der Waals surface area contributed by atoms with Crippen molar-refractivity contribution in [1.29, 1.82) is 0 Å². The van der Waals surface area contributed by atoms with E-state index in [0.717, 1.165) is 26.9 Å². The van der Waals surface area contributed by atoms with E-state index in [4.69, 9.17) is 19.8 Å². The Morgan fingerprint density at radius 1 is 0.649 bits per heavy atom. The van der Waals surface area contributed by atoms with E-state index in [9.17, 15) is 0 Å². The summed E-state index contributed by atoms with van der Waals surface area (Å²) in [5, 5.41) is 14.8. The molecule has 0 bridgehead atoms. The van der Waals surface area contributed by atoms with Crippen LogP contribution in [0.1, 0.15) is 36.1 Å². The van der Waals surface area contributed by atoms with Gasteiger partial charge in [0, 0.05) is 26.9 Å². The van der Waals surface area contributed by atoms with Crippen molar-refractivity contribution in [1.82, 2.24) is 19.6 Å². The first-order valence-electron chi connectivity index (χ1n) is 11.5. The van der Waals surface area contributed by atoms with Crippen molar-refractivity contribution in [3.8, 4) is 0 Å². The van der Waals surface area contributed by atoms with Gasteiger partial charge in [-0.15, -0.1) is 0 Å². The molecule has 2 N–H and O–H groups in total. The number of carbonyl (C=O) groups is 2. The summed E-state index contributed by atoms with van der Waals surface area (Å²) in [4.78, 5) is 26.4. The molecule has 0 atom stereocenters. The second kappa shape index (κ2) is 18.0. The normalized spacial score (nSPS) is 12.9. The summed E-state index contributed by atoms with van der Waals surface area (Å²) < 4.78 is 0. The van der Waals surface area contributed by atoms with E-state index < -0.39 is 11.9 Å². The van der Waals surface area contributed by atoms with E-state index in [-0.39, 0.29) is 20.4 Å². The molecule has 0 spiro atoms. The van der Waals surface area contributed by atoms with Gasteiger partial charge in [0.25, 0.3) is 11.9 Å². The summed E-state index contributed by atoms with van der Waals surface area (Å²) in [6.07, 6.45) is 8.27. The number of aryl methyl sites for hydroxylation is 2. The van der Waals surface area contributed by atoms with Crippen LogP contribution in [0.2, 0.25) is 0 Å². The molecule has 37 heavy (non-hydrogen) atoms. The maximum Gasteiger partial charge on any atom is 2.00 e. The van der Waals surface area contributed by atoms with Crippen molar-refractivity contribution in [2.45, 2.75) is 40.8 Å². The number of rotatable bonds is 4. The van der Waals surface area contributed by atoms with Crippen LogP contribution in [0.5, 0.6) is 0 Å². The van der Waals surface area contributed by atoms with Gasteiger partial charge >= 0.3 is 20.4 Å². The summed E-state index contributed by atoms with van der Waals surface area (Å²) >= 11 is 0. The summed E-state index contributed by atoms with van der Waals surface area (Å²) in [6, 6.07) is 17.3. The third kappa shape index (κ3) is 16.9. The minimum Gasteiger partial charge on any atom is -0.511 e. The zero-order valence-electron chi connectivity index (χ0n) is 22.3. The molecule has 2 aliphatic heterocycles. The quantitative estimate of drug-likeness (QED) is 0.381. The van der Waals surface area contributed by atoms with Gasteiger partial charge in [0.05, 0.1) is 0 Å². The molecular formula is C28H38N4O4Pd. The Morgan fingerprint density at radius 2 is 0.919 bits per heavy atom. The fraction of sp³-hybridized carbons (Fsp3) is 0.286. The van der Waals surface area contributed by atoms with E-state index >= 15 is 0 Å². The van der Waals surface area contributed by atoms with Crippen LogP contribution in [0.25, 0.3) is 0 Å². The molecule has 0 saturated carbocycles. The molecule has 2 heterocycles.